The van der Waals surface area contributed by atoms with Crippen LogP contribution in [0.3, 0.4) is 0 Å². The zero-order valence-electron chi connectivity index (χ0n) is 20.3. The second-order valence-corrected chi connectivity index (χ2v) is 11.0. The van der Waals surface area contributed by atoms with Crippen molar-refractivity contribution in [1.29, 1.82) is 0 Å². The van der Waals surface area contributed by atoms with E-state index in [0.717, 1.165) is 41.6 Å². The first-order valence-corrected chi connectivity index (χ1v) is 13.3. The number of rotatable bonds is 8. The molecule has 8 nitrogen and oxygen atoms in total. The number of hydrogen-bond acceptors (Lipinski definition) is 6. The van der Waals surface area contributed by atoms with Gasteiger partial charge in [0.05, 0.1) is 0 Å². The van der Waals surface area contributed by atoms with Gasteiger partial charge in [-0.05, 0) is 39.2 Å². The van der Waals surface area contributed by atoms with Crippen molar-refractivity contribution < 1.29 is 22.2 Å². The Bertz CT molecular complexity index is 1250. The Balaban J connectivity index is 1.44. The Morgan fingerprint density at radius 1 is 1.21 bits per heavy atom. The Hall–Kier alpha value is -2.65. The summed E-state index contributed by atoms with van der Waals surface area (Å²) in [6, 6.07) is 7.95. The number of para-hydroxylation sites is 1. The second-order valence-electron chi connectivity index (χ2n) is 9.13. The van der Waals surface area contributed by atoms with E-state index in [-0.39, 0.29) is 16.7 Å². The summed E-state index contributed by atoms with van der Waals surface area (Å²) in [5.41, 5.74) is 2.28. The van der Waals surface area contributed by atoms with E-state index < -0.39 is 10.0 Å². The van der Waals surface area contributed by atoms with Crippen LogP contribution in [0.25, 0.3) is 11.0 Å². The van der Waals surface area contributed by atoms with Crippen LogP contribution in [-0.4, -0.2) is 48.8 Å². The van der Waals surface area contributed by atoms with Crippen LogP contribution in [0.15, 0.2) is 38.1 Å². The van der Waals surface area contributed by atoms with Gasteiger partial charge in [0.25, 0.3) is 0 Å². The molecular formula is C25H33N3O5S. The number of unbranched alkanes of at least 4 members (excludes halogenated alkanes) is 1. The summed E-state index contributed by atoms with van der Waals surface area (Å²) in [6.45, 7) is 6.46. The zero-order valence-corrected chi connectivity index (χ0v) is 21.2. The fourth-order valence-corrected chi connectivity index (χ4v) is 6.56. The number of hydrogen-bond donors (Lipinski definition) is 0. The van der Waals surface area contributed by atoms with E-state index in [1.165, 1.54) is 4.31 Å². The number of benzene rings is 1. The number of aromatic nitrogens is 1. The van der Waals surface area contributed by atoms with Gasteiger partial charge in [0.1, 0.15) is 21.9 Å². The van der Waals surface area contributed by atoms with Crippen LogP contribution in [0.2, 0.25) is 0 Å². The third-order valence-corrected chi connectivity index (χ3v) is 8.82. The fraction of sp³-hybridized carbons (Fsp3) is 0.520. The molecule has 0 radical (unpaired) electrons. The number of carbonyl (C=O) groups is 1. The molecule has 4 rings (SSSR count). The predicted octanol–water partition coefficient (Wildman–Crippen LogP) is 4.44. The first kappa shape index (κ1) is 24.5. The molecule has 1 aromatic carbocycles. The minimum Gasteiger partial charge on any atom is -0.461 e. The summed E-state index contributed by atoms with van der Waals surface area (Å²) in [5, 5.41) is 4.83. The molecule has 34 heavy (non-hydrogen) atoms. The minimum atomic E-state index is -3.69. The van der Waals surface area contributed by atoms with E-state index in [9.17, 15) is 13.2 Å². The largest absolute Gasteiger partial charge is 0.461 e. The molecule has 1 saturated heterocycles. The molecule has 0 aliphatic carbocycles. The average Bonchev–Trinajstić information content (AvgIpc) is 3.36. The molecule has 2 aromatic heterocycles. The Kier molecular flexibility index (Phi) is 7.14. The summed E-state index contributed by atoms with van der Waals surface area (Å²) in [7, 11) is -1.87. The predicted molar refractivity (Wildman–Crippen MR) is 129 cm³/mol. The van der Waals surface area contributed by atoms with Crippen molar-refractivity contribution in [3.8, 4) is 0 Å². The number of furan rings is 1. The number of piperidine rings is 1. The van der Waals surface area contributed by atoms with E-state index in [0.29, 0.717) is 43.9 Å². The van der Waals surface area contributed by atoms with Gasteiger partial charge >= 0.3 is 0 Å². The highest BCUT2D eigenvalue weighted by Gasteiger charge is 2.36. The molecule has 0 atom stereocenters. The summed E-state index contributed by atoms with van der Waals surface area (Å²) in [6.07, 6.45) is 3.92. The number of sulfonamides is 1. The molecule has 0 spiro atoms. The molecule has 0 N–H and O–H groups in total. The van der Waals surface area contributed by atoms with E-state index in [2.05, 4.69) is 12.1 Å². The molecule has 0 unspecified atom stereocenters. The van der Waals surface area contributed by atoms with E-state index in [1.807, 2.05) is 31.3 Å². The summed E-state index contributed by atoms with van der Waals surface area (Å²) in [4.78, 5) is 15.2. The normalized spacial score (nSPS) is 15.8. The second kappa shape index (κ2) is 9.92. The highest BCUT2D eigenvalue weighted by atomic mass is 32.2. The quantitative estimate of drug-likeness (QED) is 0.466. The molecule has 0 bridgehead atoms. The standard InChI is InChI=1S/C25H33N3O5S/c1-5-6-10-23-21(20-9-7-8-11-22(20)32-23)16-27(4)25(29)19-12-14-28(15-13-19)34(30,31)24-17(2)26-33-18(24)3/h7-9,11,19H,5-6,10,12-16H2,1-4H3. The monoisotopic (exact) mass is 487 g/mol. The van der Waals surface area contributed by atoms with Crippen LogP contribution in [0.5, 0.6) is 0 Å². The van der Waals surface area contributed by atoms with Gasteiger partial charge in [0.2, 0.25) is 15.9 Å². The van der Waals surface area contributed by atoms with Crippen molar-refractivity contribution in [1.82, 2.24) is 14.4 Å². The number of carbonyl (C=O) groups excluding carboxylic acids is 1. The molecule has 0 saturated carbocycles. The molecule has 3 heterocycles. The lowest BCUT2D eigenvalue weighted by Gasteiger charge is -2.32. The molecule has 3 aromatic rings. The first-order valence-electron chi connectivity index (χ1n) is 11.9. The van der Waals surface area contributed by atoms with E-state index >= 15 is 0 Å². The maximum atomic E-state index is 13.3. The average molecular weight is 488 g/mol. The van der Waals surface area contributed by atoms with Crippen LogP contribution < -0.4 is 0 Å². The number of fused-ring (bicyclic) bond motifs is 1. The molecule has 1 aliphatic rings. The molecule has 1 aliphatic heterocycles. The van der Waals surface area contributed by atoms with E-state index in [4.69, 9.17) is 8.94 Å². The van der Waals surface area contributed by atoms with Gasteiger partial charge in [-0.15, -0.1) is 0 Å². The van der Waals surface area contributed by atoms with Crippen LogP contribution in [-0.2, 0) is 27.8 Å². The van der Waals surface area contributed by atoms with Crippen molar-refractivity contribution in [2.75, 3.05) is 20.1 Å². The zero-order chi connectivity index (χ0) is 24.5. The smallest absolute Gasteiger partial charge is 0.248 e. The molecule has 184 valence electrons. The third kappa shape index (κ3) is 4.63. The molecule has 9 heteroatoms. The number of amides is 1. The van der Waals surface area contributed by atoms with Gasteiger partial charge in [-0.2, -0.15) is 4.31 Å². The van der Waals surface area contributed by atoms with Gasteiger partial charge in [-0.25, -0.2) is 8.42 Å². The maximum absolute atomic E-state index is 13.3. The lowest BCUT2D eigenvalue weighted by Crippen LogP contribution is -2.43. The topological polar surface area (TPSA) is 96.9 Å². The van der Waals surface area contributed by atoms with Crippen LogP contribution in [0.1, 0.15) is 55.4 Å². The maximum Gasteiger partial charge on any atom is 0.248 e. The minimum absolute atomic E-state index is 0.0427. The van der Waals surface area contributed by atoms with Gasteiger partial charge in [0, 0.05) is 50.0 Å². The SMILES string of the molecule is CCCCc1oc2ccccc2c1CN(C)C(=O)C1CCN(S(=O)(=O)c2c(C)noc2C)CC1. The summed E-state index contributed by atoms with van der Waals surface area (Å²) < 4.78 is 38.8. The lowest BCUT2D eigenvalue weighted by molar-refractivity contribution is -0.135. The Morgan fingerprint density at radius 2 is 1.91 bits per heavy atom. The number of nitrogens with zero attached hydrogens (tertiary/aromatic N) is 3. The third-order valence-electron chi connectivity index (χ3n) is 6.68. The van der Waals surface area contributed by atoms with Gasteiger partial charge in [-0.3, -0.25) is 4.79 Å². The first-order chi connectivity index (χ1) is 16.2. The Labute approximate surface area is 200 Å². The van der Waals surface area contributed by atoms with Crippen molar-refractivity contribution in [2.45, 2.75) is 64.3 Å². The fourth-order valence-electron chi connectivity index (χ4n) is 4.80. The molecule has 1 amide bonds. The van der Waals surface area contributed by atoms with Crippen LogP contribution >= 0.6 is 0 Å². The van der Waals surface area contributed by atoms with Gasteiger partial charge in [-0.1, -0.05) is 36.7 Å². The van der Waals surface area contributed by atoms with Crippen molar-refractivity contribution in [3.63, 3.8) is 0 Å². The summed E-state index contributed by atoms with van der Waals surface area (Å²) >= 11 is 0. The molecule has 1 fully saturated rings. The lowest BCUT2D eigenvalue weighted by atomic mass is 9.96. The number of aryl methyl sites for hydroxylation is 3. The van der Waals surface area contributed by atoms with Crippen LogP contribution in [0.4, 0.5) is 0 Å². The van der Waals surface area contributed by atoms with Crippen LogP contribution in [0, 0.1) is 19.8 Å². The van der Waals surface area contributed by atoms with Crippen molar-refractivity contribution >= 4 is 26.9 Å². The van der Waals surface area contributed by atoms with Gasteiger partial charge < -0.3 is 13.8 Å². The highest BCUT2D eigenvalue weighted by Crippen LogP contribution is 2.31. The molecular weight excluding hydrogens is 454 g/mol. The van der Waals surface area contributed by atoms with E-state index in [1.54, 1.807) is 18.7 Å². The highest BCUT2D eigenvalue weighted by molar-refractivity contribution is 7.89. The van der Waals surface area contributed by atoms with Gasteiger partial charge in [0.15, 0.2) is 5.76 Å². The summed E-state index contributed by atoms with van der Waals surface area (Å²) in [5.74, 6) is 1.07. The van der Waals surface area contributed by atoms with Crippen molar-refractivity contribution in [2.24, 2.45) is 5.92 Å². The van der Waals surface area contributed by atoms with Crippen molar-refractivity contribution in [3.05, 3.63) is 47.0 Å². The Morgan fingerprint density at radius 3 is 2.56 bits per heavy atom.